The molecule has 8 heteroatoms. The highest BCUT2D eigenvalue weighted by atomic mass is 32.2. The Bertz CT molecular complexity index is 1090. The van der Waals surface area contributed by atoms with Gasteiger partial charge in [-0.05, 0) is 68.1 Å². The number of carbonyl (C=O) groups excluding carboxylic acids is 1. The van der Waals surface area contributed by atoms with Crippen LogP contribution in [0.15, 0.2) is 41.3 Å². The number of benzene rings is 2. The van der Waals surface area contributed by atoms with Crippen molar-refractivity contribution in [3.8, 4) is 5.75 Å². The maximum atomic E-state index is 13.2. The van der Waals surface area contributed by atoms with Crippen LogP contribution >= 0.6 is 0 Å². The summed E-state index contributed by atoms with van der Waals surface area (Å²) in [5.74, 6) is -0.124. The third-order valence-corrected chi connectivity index (χ3v) is 8.08. The van der Waals surface area contributed by atoms with E-state index in [1.54, 1.807) is 18.2 Å². The number of esters is 1. The first kappa shape index (κ1) is 22.8. The summed E-state index contributed by atoms with van der Waals surface area (Å²) in [6.07, 6.45) is 2.75. The highest BCUT2D eigenvalue weighted by molar-refractivity contribution is 7.89. The number of anilines is 1. The first-order valence-corrected chi connectivity index (χ1v) is 12.6. The van der Waals surface area contributed by atoms with E-state index in [1.165, 1.54) is 10.4 Å². The fourth-order valence-corrected chi connectivity index (χ4v) is 5.66. The van der Waals surface area contributed by atoms with Gasteiger partial charge in [-0.1, -0.05) is 12.5 Å². The number of rotatable bonds is 5. The van der Waals surface area contributed by atoms with Crippen LogP contribution in [0.1, 0.15) is 40.7 Å². The van der Waals surface area contributed by atoms with Gasteiger partial charge in [-0.25, -0.2) is 13.2 Å². The van der Waals surface area contributed by atoms with Crippen molar-refractivity contribution in [2.75, 3.05) is 44.3 Å². The highest BCUT2D eigenvalue weighted by Crippen LogP contribution is 2.29. The average Bonchev–Trinajstić information content (AvgIpc) is 2.82. The summed E-state index contributed by atoms with van der Waals surface area (Å²) in [6, 6.07) is 10.3. The second-order valence-electron chi connectivity index (χ2n) is 8.38. The van der Waals surface area contributed by atoms with E-state index in [4.69, 9.17) is 9.47 Å². The molecule has 0 bridgehead atoms. The molecule has 0 unspecified atom stereocenters. The monoisotopic (exact) mass is 458 g/mol. The lowest BCUT2D eigenvalue weighted by Crippen LogP contribution is -2.38. The molecule has 172 valence electrons. The summed E-state index contributed by atoms with van der Waals surface area (Å²) >= 11 is 0. The quantitative estimate of drug-likeness (QED) is 0.504. The van der Waals surface area contributed by atoms with Crippen molar-refractivity contribution in [1.29, 1.82) is 0 Å². The van der Waals surface area contributed by atoms with Gasteiger partial charge in [0.25, 0.3) is 0 Å². The lowest BCUT2D eigenvalue weighted by atomic mass is 10.1. The molecule has 2 aliphatic heterocycles. The number of hydrogen-bond acceptors (Lipinski definition) is 6. The van der Waals surface area contributed by atoms with E-state index in [1.807, 2.05) is 30.9 Å². The molecule has 0 radical (unpaired) electrons. The number of ether oxygens (including phenoxy) is 2. The smallest absolute Gasteiger partial charge is 0.345 e. The van der Waals surface area contributed by atoms with Gasteiger partial charge in [0.05, 0.1) is 29.4 Å². The van der Waals surface area contributed by atoms with Crippen molar-refractivity contribution >= 4 is 21.7 Å². The second kappa shape index (κ2) is 9.60. The number of sulfonamides is 1. The molecule has 4 rings (SSSR count). The van der Waals surface area contributed by atoms with E-state index in [2.05, 4.69) is 0 Å². The number of aryl methyl sites for hydroxylation is 2. The molecule has 7 nitrogen and oxygen atoms in total. The summed E-state index contributed by atoms with van der Waals surface area (Å²) in [5, 5.41) is 0. The Morgan fingerprint density at radius 1 is 0.906 bits per heavy atom. The molecule has 0 amide bonds. The fourth-order valence-electron chi connectivity index (χ4n) is 4.11. The minimum atomic E-state index is -3.67. The molecule has 0 aromatic heterocycles. The first-order chi connectivity index (χ1) is 15.4. The van der Waals surface area contributed by atoms with Crippen molar-refractivity contribution < 1.29 is 22.7 Å². The fraction of sp³-hybridized carbons (Fsp3) is 0.458. The molecule has 0 saturated carbocycles. The molecule has 0 aliphatic carbocycles. The molecule has 32 heavy (non-hydrogen) atoms. The SMILES string of the molecule is Cc1ccc(OC(=O)c2cc(S(=O)(=O)N3CCCCC3)ccc2N2CCOCC2)cc1C. The van der Waals surface area contributed by atoms with Gasteiger partial charge in [-0.15, -0.1) is 0 Å². The van der Waals surface area contributed by atoms with Crippen LogP contribution in [0, 0.1) is 13.8 Å². The number of hydrogen-bond donors (Lipinski definition) is 0. The normalized spacial score (nSPS) is 17.9. The van der Waals surface area contributed by atoms with Crippen LogP contribution in [-0.2, 0) is 14.8 Å². The third-order valence-electron chi connectivity index (χ3n) is 6.18. The van der Waals surface area contributed by atoms with Crippen LogP contribution in [0.5, 0.6) is 5.75 Å². The van der Waals surface area contributed by atoms with E-state index in [9.17, 15) is 13.2 Å². The zero-order chi connectivity index (χ0) is 22.7. The van der Waals surface area contributed by atoms with Gasteiger partial charge >= 0.3 is 5.97 Å². The Labute approximate surface area is 190 Å². The van der Waals surface area contributed by atoms with Crippen molar-refractivity contribution in [3.63, 3.8) is 0 Å². The number of piperidine rings is 1. The Morgan fingerprint density at radius 2 is 1.62 bits per heavy atom. The first-order valence-electron chi connectivity index (χ1n) is 11.1. The standard InChI is InChI=1S/C24H30N2O5S/c1-18-6-7-20(16-19(18)2)31-24(27)22-17-21(32(28,29)26-10-4-3-5-11-26)8-9-23(22)25-12-14-30-15-13-25/h6-9,16-17H,3-5,10-15H2,1-2H3. The summed E-state index contributed by atoms with van der Waals surface area (Å²) < 4.78 is 39.1. The van der Waals surface area contributed by atoms with Crippen molar-refractivity contribution in [2.45, 2.75) is 38.0 Å². The van der Waals surface area contributed by atoms with Crippen LogP contribution < -0.4 is 9.64 Å². The third kappa shape index (κ3) is 4.82. The molecule has 0 spiro atoms. The van der Waals surface area contributed by atoms with Crippen LogP contribution in [0.2, 0.25) is 0 Å². The van der Waals surface area contributed by atoms with Gasteiger partial charge in [0.2, 0.25) is 10.0 Å². The summed E-state index contributed by atoms with van der Waals surface area (Å²) in [5.41, 5.74) is 3.04. The molecule has 0 atom stereocenters. The maximum absolute atomic E-state index is 13.2. The van der Waals surface area contributed by atoms with Gasteiger partial charge in [-0.3, -0.25) is 0 Å². The molecule has 0 N–H and O–H groups in total. The van der Waals surface area contributed by atoms with E-state index in [0.29, 0.717) is 50.8 Å². The van der Waals surface area contributed by atoms with Crippen LogP contribution in [-0.4, -0.2) is 58.1 Å². The Hall–Kier alpha value is -2.42. The number of morpholine rings is 1. The van der Waals surface area contributed by atoms with Gasteiger partial charge in [0.15, 0.2) is 0 Å². The van der Waals surface area contributed by atoms with Gasteiger partial charge in [0.1, 0.15) is 5.75 Å². The molecular weight excluding hydrogens is 428 g/mol. The van der Waals surface area contributed by atoms with Crippen molar-refractivity contribution in [1.82, 2.24) is 4.31 Å². The van der Waals surface area contributed by atoms with Gasteiger partial charge < -0.3 is 14.4 Å². The predicted octanol–water partition coefficient (Wildman–Crippen LogP) is 3.53. The van der Waals surface area contributed by atoms with Crippen molar-refractivity contribution in [2.24, 2.45) is 0 Å². The minimum Gasteiger partial charge on any atom is -0.423 e. The van der Waals surface area contributed by atoms with E-state index in [-0.39, 0.29) is 10.5 Å². The number of nitrogens with zero attached hydrogens (tertiary/aromatic N) is 2. The zero-order valence-corrected chi connectivity index (χ0v) is 19.5. The largest absolute Gasteiger partial charge is 0.423 e. The lowest BCUT2D eigenvalue weighted by Gasteiger charge is -2.31. The molecule has 2 heterocycles. The molecule has 2 saturated heterocycles. The second-order valence-corrected chi connectivity index (χ2v) is 10.3. The zero-order valence-electron chi connectivity index (χ0n) is 18.7. The molecular formula is C24H30N2O5S. The van der Waals surface area contributed by atoms with E-state index < -0.39 is 16.0 Å². The molecule has 2 aliphatic rings. The highest BCUT2D eigenvalue weighted by Gasteiger charge is 2.29. The maximum Gasteiger partial charge on any atom is 0.345 e. The van der Waals surface area contributed by atoms with Crippen molar-refractivity contribution in [3.05, 3.63) is 53.1 Å². The average molecular weight is 459 g/mol. The summed E-state index contributed by atoms with van der Waals surface area (Å²) in [4.78, 5) is 15.4. The predicted molar refractivity (Wildman–Crippen MR) is 123 cm³/mol. The van der Waals surface area contributed by atoms with Crippen LogP contribution in [0.3, 0.4) is 0 Å². The molecule has 2 aromatic rings. The van der Waals surface area contributed by atoms with Gasteiger partial charge in [0, 0.05) is 26.2 Å². The topological polar surface area (TPSA) is 76.2 Å². The van der Waals surface area contributed by atoms with Crippen LogP contribution in [0.4, 0.5) is 5.69 Å². The summed E-state index contributed by atoms with van der Waals surface area (Å²) in [7, 11) is -3.67. The Morgan fingerprint density at radius 3 is 2.31 bits per heavy atom. The van der Waals surface area contributed by atoms with E-state index >= 15 is 0 Å². The van der Waals surface area contributed by atoms with Crippen LogP contribution in [0.25, 0.3) is 0 Å². The number of carbonyl (C=O) groups is 1. The summed E-state index contributed by atoms with van der Waals surface area (Å²) in [6.45, 7) is 7.33. The molecule has 2 fully saturated rings. The van der Waals surface area contributed by atoms with Gasteiger partial charge in [-0.2, -0.15) is 4.31 Å². The Balaban J connectivity index is 1.70. The minimum absolute atomic E-state index is 0.128. The van der Waals surface area contributed by atoms with E-state index in [0.717, 1.165) is 30.4 Å². The molecule has 2 aromatic carbocycles. The Kier molecular flexibility index (Phi) is 6.83. The lowest BCUT2D eigenvalue weighted by molar-refractivity contribution is 0.0733.